The first-order valence-corrected chi connectivity index (χ1v) is 10.1. The number of ether oxygens (including phenoxy) is 1. The second kappa shape index (κ2) is 7.10. The minimum atomic E-state index is -0.939. The molecule has 1 atom stereocenters. The van der Waals surface area contributed by atoms with Gasteiger partial charge in [-0.25, -0.2) is 4.39 Å². The Hall–Kier alpha value is -3.46. The van der Waals surface area contributed by atoms with Crippen molar-refractivity contribution >= 4 is 16.7 Å². The molecular formula is C27H21FO2. The average Bonchev–Trinajstić information content (AvgIpc) is 3.18. The smallest absolute Gasteiger partial charge is 0.320 e. The van der Waals surface area contributed by atoms with Gasteiger partial charge in [-0.3, -0.25) is 4.79 Å². The first-order chi connectivity index (χ1) is 14.6. The van der Waals surface area contributed by atoms with Crippen LogP contribution in [0.1, 0.15) is 23.1 Å². The maximum absolute atomic E-state index is 13.7. The summed E-state index contributed by atoms with van der Waals surface area (Å²) in [5.74, 6) is -0.623. The standard InChI is InChI=1S/C27H21FO2/c1-30-26(29)27(20-11-13-21(28)14-12-20)16-15-23-24(27)17-19-9-5-6-10-22(19)25(23)18-7-3-2-4-8-18/h2-14,17H,15-16H2,1H3. The summed E-state index contributed by atoms with van der Waals surface area (Å²) in [5.41, 5.74) is 4.24. The number of carbonyl (C=O) groups is 1. The molecule has 4 aromatic rings. The largest absolute Gasteiger partial charge is 0.468 e. The summed E-state index contributed by atoms with van der Waals surface area (Å²) in [6.45, 7) is 0. The van der Waals surface area contributed by atoms with Crippen molar-refractivity contribution in [1.82, 2.24) is 0 Å². The number of hydrogen-bond acceptors (Lipinski definition) is 2. The van der Waals surface area contributed by atoms with E-state index in [0.29, 0.717) is 6.42 Å². The quantitative estimate of drug-likeness (QED) is 0.394. The van der Waals surface area contributed by atoms with Crippen molar-refractivity contribution in [3.8, 4) is 11.1 Å². The zero-order valence-electron chi connectivity index (χ0n) is 16.7. The highest BCUT2D eigenvalue weighted by molar-refractivity contribution is 6.02. The van der Waals surface area contributed by atoms with Crippen LogP contribution in [-0.4, -0.2) is 13.1 Å². The number of fused-ring (bicyclic) bond motifs is 2. The topological polar surface area (TPSA) is 26.3 Å². The molecule has 1 unspecified atom stereocenters. The third-order valence-corrected chi connectivity index (χ3v) is 6.30. The molecule has 0 amide bonds. The Morgan fingerprint density at radius 3 is 2.37 bits per heavy atom. The van der Waals surface area contributed by atoms with E-state index in [1.165, 1.54) is 24.6 Å². The highest BCUT2D eigenvalue weighted by Gasteiger charge is 2.49. The summed E-state index contributed by atoms with van der Waals surface area (Å²) in [6, 6.07) is 26.9. The van der Waals surface area contributed by atoms with Gasteiger partial charge in [0.1, 0.15) is 11.2 Å². The molecule has 0 radical (unpaired) electrons. The molecule has 3 heteroatoms. The Morgan fingerprint density at radius 2 is 1.63 bits per heavy atom. The lowest BCUT2D eigenvalue weighted by atomic mass is 9.74. The molecule has 0 fully saturated rings. The molecule has 1 aliphatic rings. The maximum Gasteiger partial charge on any atom is 0.320 e. The first-order valence-electron chi connectivity index (χ1n) is 10.1. The lowest BCUT2D eigenvalue weighted by Crippen LogP contribution is -2.36. The number of esters is 1. The summed E-state index contributed by atoms with van der Waals surface area (Å²) in [7, 11) is 1.42. The number of rotatable bonds is 3. The Labute approximate surface area is 174 Å². The lowest BCUT2D eigenvalue weighted by molar-refractivity contribution is -0.145. The number of benzene rings is 4. The second-order valence-electron chi connectivity index (χ2n) is 7.77. The molecule has 0 saturated carbocycles. The normalized spacial score (nSPS) is 17.7. The molecule has 0 N–H and O–H groups in total. The van der Waals surface area contributed by atoms with E-state index in [2.05, 4.69) is 30.3 Å². The van der Waals surface area contributed by atoms with E-state index in [0.717, 1.165) is 39.6 Å². The summed E-state index contributed by atoms with van der Waals surface area (Å²) in [6.07, 6.45) is 1.34. The van der Waals surface area contributed by atoms with Crippen LogP contribution in [0, 0.1) is 5.82 Å². The highest BCUT2D eigenvalue weighted by atomic mass is 19.1. The monoisotopic (exact) mass is 396 g/mol. The highest BCUT2D eigenvalue weighted by Crippen LogP contribution is 2.50. The Kier molecular flexibility index (Phi) is 4.39. The van der Waals surface area contributed by atoms with Crippen LogP contribution in [0.2, 0.25) is 0 Å². The summed E-state index contributed by atoms with van der Waals surface area (Å²) in [4.78, 5) is 13.3. The van der Waals surface area contributed by atoms with Gasteiger partial charge in [0.25, 0.3) is 0 Å². The van der Waals surface area contributed by atoms with Gasteiger partial charge in [0.05, 0.1) is 7.11 Å². The van der Waals surface area contributed by atoms with E-state index < -0.39 is 5.41 Å². The van der Waals surface area contributed by atoms with Crippen LogP contribution in [-0.2, 0) is 21.4 Å². The van der Waals surface area contributed by atoms with E-state index in [9.17, 15) is 9.18 Å². The van der Waals surface area contributed by atoms with Crippen molar-refractivity contribution in [3.63, 3.8) is 0 Å². The molecule has 30 heavy (non-hydrogen) atoms. The molecule has 0 saturated heterocycles. The van der Waals surface area contributed by atoms with Crippen LogP contribution in [0.15, 0.2) is 84.9 Å². The molecule has 0 heterocycles. The molecule has 0 aliphatic heterocycles. The zero-order chi connectivity index (χ0) is 20.7. The number of halogens is 1. The summed E-state index contributed by atoms with van der Waals surface area (Å²) < 4.78 is 19.0. The predicted molar refractivity (Wildman–Crippen MR) is 117 cm³/mol. The third-order valence-electron chi connectivity index (χ3n) is 6.30. The van der Waals surface area contributed by atoms with Gasteiger partial charge in [-0.15, -0.1) is 0 Å². The van der Waals surface area contributed by atoms with Crippen LogP contribution in [0.25, 0.3) is 21.9 Å². The Bertz CT molecular complexity index is 1250. The minimum Gasteiger partial charge on any atom is -0.468 e. The van der Waals surface area contributed by atoms with Gasteiger partial charge in [0, 0.05) is 0 Å². The van der Waals surface area contributed by atoms with E-state index in [4.69, 9.17) is 4.74 Å². The molecular weight excluding hydrogens is 375 g/mol. The van der Waals surface area contributed by atoms with Gasteiger partial charge in [0.15, 0.2) is 0 Å². The molecule has 4 aromatic carbocycles. The fourth-order valence-electron chi connectivity index (χ4n) is 4.95. The van der Waals surface area contributed by atoms with Crippen molar-refractivity contribution in [2.45, 2.75) is 18.3 Å². The van der Waals surface area contributed by atoms with E-state index in [1.807, 2.05) is 30.3 Å². The van der Waals surface area contributed by atoms with Crippen LogP contribution in [0.4, 0.5) is 4.39 Å². The average molecular weight is 396 g/mol. The first kappa shape index (κ1) is 18.6. The van der Waals surface area contributed by atoms with Crippen LogP contribution in [0.5, 0.6) is 0 Å². The zero-order valence-corrected chi connectivity index (χ0v) is 16.7. The van der Waals surface area contributed by atoms with Crippen molar-refractivity contribution in [2.75, 3.05) is 7.11 Å². The fourth-order valence-corrected chi connectivity index (χ4v) is 4.95. The van der Waals surface area contributed by atoms with Gasteiger partial charge < -0.3 is 4.74 Å². The third kappa shape index (κ3) is 2.66. The van der Waals surface area contributed by atoms with E-state index in [1.54, 1.807) is 12.1 Å². The van der Waals surface area contributed by atoms with E-state index in [-0.39, 0.29) is 11.8 Å². The molecule has 0 bridgehead atoms. The number of hydrogen-bond donors (Lipinski definition) is 0. The molecule has 0 aromatic heterocycles. The summed E-state index contributed by atoms with van der Waals surface area (Å²) >= 11 is 0. The SMILES string of the molecule is COC(=O)C1(c2ccc(F)cc2)CCc2c1cc1ccccc1c2-c1ccccc1. The second-order valence-corrected chi connectivity index (χ2v) is 7.77. The predicted octanol–water partition coefficient (Wildman–Crippen LogP) is 6.05. The van der Waals surface area contributed by atoms with Gasteiger partial charge in [-0.2, -0.15) is 0 Å². The van der Waals surface area contributed by atoms with Gasteiger partial charge >= 0.3 is 5.97 Å². The molecule has 2 nitrogen and oxygen atoms in total. The fraction of sp³-hybridized carbons (Fsp3) is 0.148. The summed E-state index contributed by atoms with van der Waals surface area (Å²) in [5, 5.41) is 2.25. The molecule has 0 spiro atoms. The molecule has 1 aliphatic carbocycles. The Balaban J connectivity index is 1.87. The van der Waals surface area contributed by atoms with Crippen LogP contribution >= 0.6 is 0 Å². The van der Waals surface area contributed by atoms with Gasteiger partial charge in [-0.1, -0.05) is 66.7 Å². The lowest BCUT2D eigenvalue weighted by Gasteiger charge is -2.29. The van der Waals surface area contributed by atoms with Gasteiger partial charge in [0.2, 0.25) is 0 Å². The van der Waals surface area contributed by atoms with Crippen molar-refractivity contribution in [3.05, 3.63) is 107 Å². The number of carbonyl (C=O) groups excluding carboxylic acids is 1. The molecule has 5 rings (SSSR count). The maximum atomic E-state index is 13.7. The Morgan fingerprint density at radius 1 is 0.933 bits per heavy atom. The van der Waals surface area contributed by atoms with Crippen molar-refractivity contribution < 1.29 is 13.9 Å². The van der Waals surface area contributed by atoms with Crippen molar-refractivity contribution in [2.24, 2.45) is 0 Å². The minimum absolute atomic E-state index is 0.304. The molecule has 148 valence electrons. The van der Waals surface area contributed by atoms with Crippen LogP contribution < -0.4 is 0 Å². The van der Waals surface area contributed by atoms with E-state index >= 15 is 0 Å². The van der Waals surface area contributed by atoms with Crippen LogP contribution in [0.3, 0.4) is 0 Å². The van der Waals surface area contributed by atoms with Crippen molar-refractivity contribution in [1.29, 1.82) is 0 Å². The van der Waals surface area contributed by atoms with Gasteiger partial charge in [-0.05, 0) is 69.6 Å². The number of methoxy groups -OCH3 is 1.